The summed E-state index contributed by atoms with van der Waals surface area (Å²) >= 11 is 0. The summed E-state index contributed by atoms with van der Waals surface area (Å²) in [5.74, 6) is -0.200. The third-order valence-corrected chi connectivity index (χ3v) is 4.87. The molecule has 1 heterocycles. The molecule has 2 fully saturated rings. The van der Waals surface area contributed by atoms with E-state index in [1.54, 1.807) is 0 Å². The maximum Gasteiger partial charge on any atom is 0.237 e. The van der Waals surface area contributed by atoms with Crippen molar-refractivity contribution in [3.63, 3.8) is 0 Å². The molecule has 2 atom stereocenters. The molecule has 0 bridgehead atoms. The van der Waals surface area contributed by atoms with Gasteiger partial charge >= 0.3 is 0 Å². The molecule has 0 aromatic heterocycles. The van der Waals surface area contributed by atoms with Crippen molar-refractivity contribution in [2.24, 2.45) is 5.73 Å². The van der Waals surface area contributed by atoms with Gasteiger partial charge in [0.25, 0.3) is 0 Å². The summed E-state index contributed by atoms with van der Waals surface area (Å²) in [4.78, 5) is 14.4. The molecule has 0 aromatic rings. The maximum atomic E-state index is 11.9. The Morgan fingerprint density at radius 3 is 2.50 bits per heavy atom. The molecule has 1 saturated carbocycles. The summed E-state index contributed by atoms with van der Waals surface area (Å²) in [5, 5.41) is 3.42. The molecule has 1 aliphatic heterocycles. The highest BCUT2D eigenvalue weighted by molar-refractivity contribution is 5.85. The number of hydrogen-bond acceptors (Lipinski definition) is 4. The van der Waals surface area contributed by atoms with E-state index >= 15 is 0 Å². The molecule has 2 aliphatic rings. The van der Waals surface area contributed by atoms with Crippen LogP contribution in [0, 0.1) is 0 Å². The van der Waals surface area contributed by atoms with E-state index in [-0.39, 0.29) is 11.9 Å². The molecule has 1 saturated heterocycles. The average Bonchev–Trinajstić information content (AvgIpc) is 2.83. The number of nitrogens with two attached hydrogens (primary N) is 1. The molecule has 5 nitrogen and oxygen atoms in total. The zero-order valence-electron chi connectivity index (χ0n) is 13.0. The van der Waals surface area contributed by atoms with Crippen molar-refractivity contribution in [1.82, 2.24) is 10.2 Å². The maximum absolute atomic E-state index is 11.9. The quantitative estimate of drug-likeness (QED) is 0.786. The van der Waals surface area contributed by atoms with Gasteiger partial charge in [0.1, 0.15) is 0 Å². The molecule has 3 N–H and O–H groups in total. The van der Waals surface area contributed by atoms with E-state index < -0.39 is 5.54 Å². The number of primary amides is 1. The normalized spacial score (nSPS) is 32.1. The van der Waals surface area contributed by atoms with Gasteiger partial charge < -0.3 is 20.7 Å². The minimum atomic E-state index is -0.516. The Morgan fingerprint density at radius 1 is 1.30 bits per heavy atom. The van der Waals surface area contributed by atoms with Crippen LogP contribution in [0.5, 0.6) is 0 Å². The van der Waals surface area contributed by atoms with E-state index in [0.29, 0.717) is 12.1 Å². The van der Waals surface area contributed by atoms with Crippen molar-refractivity contribution in [2.45, 2.75) is 69.6 Å². The van der Waals surface area contributed by atoms with Gasteiger partial charge in [0.05, 0.1) is 5.54 Å². The van der Waals surface area contributed by atoms with Crippen molar-refractivity contribution in [3.05, 3.63) is 0 Å². The zero-order chi connectivity index (χ0) is 14.8. The minimum absolute atomic E-state index is 0.200. The molecule has 2 unspecified atom stereocenters. The Bertz CT molecular complexity index is 342. The van der Waals surface area contributed by atoms with Crippen LogP contribution in [-0.2, 0) is 9.53 Å². The Kier molecular flexibility index (Phi) is 5.04. The average molecular weight is 283 g/mol. The number of ether oxygens (including phenoxy) is 1. The fourth-order valence-corrected chi connectivity index (χ4v) is 3.74. The van der Waals surface area contributed by atoms with E-state index in [0.717, 1.165) is 45.3 Å². The highest BCUT2D eigenvalue weighted by Gasteiger charge is 2.46. The molecule has 0 spiro atoms. The largest absolute Gasteiger partial charge is 0.381 e. The van der Waals surface area contributed by atoms with Gasteiger partial charge in [-0.05, 0) is 53.0 Å². The van der Waals surface area contributed by atoms with E-state index in [2.05, 4.69) is 31.1 Å². The van der Waals surface area contributed by atoms with Crippen LogP contribution in [0.4, 0.5) is 0 Å². The van der Waals surface area contributed by atoms with Gasteiger partial charge in [0, 0.05) is 31.3 Å². The monoisotopic (exact) mass is 283 g/mol. The second-order valence-electron chi connectivity index (χ2n) is 6.65. The highest BCUT2D eigenvalue weighted by Crippen LogP contribution is 2.34. The van der Waals surface area contributed by atoms with Gasteiger partial charge in [-0.1, -0.05) is 0 Å². The Balaban J connectivity index is 2.00. The first-order valence-corrected chi connectivity index (χ1v) is 7.82. The van der Waals surface area contributed by atoms with Gasteiger partial charge in [-0.25, -0.2) is 0 Å². The van der Waals surface area contributed by atoms with Gasteiger partial charge in [-0.2, -0.15) is 0 Å². The third-order valence-electron chi connectivity index (χ3n) is 4.87. The number of nitrogens with one attached hydrogen (secondary N) is 1. The molecule has 2 rings (SSSR count). The van der Waals surface area contributed by atoms with Crippen LogP contribution in [-0.4, -0.2) is 54.7 Å². The van der Waals surface area contributed by atoms with Crippen molar-refractivity contribution >= 4 is 5.91 Å². The summed E-state index contributed by atoms with van der Waals surface area (Å²) in [5.41, 5.74) is 5.17. The molecular weight excluding hydrogens is 254 g/mol. The SMILES string of the molecule is CC(C)NC1(C(N)=O)CCC(N(C)C2CCOCC2)C1. The van der Waals surface area contributed by atoms with Crippen molar-refractivity contribution in [1.29, 1.82) is 0 Å². The van der Waals surface area contributed by atoms with Gasteiger partial charge in [-0.15, -0.1) is 0 Å². The lowest BCUT2D eigenvalue weighted by molar-refractivity contribution is -0.124. The Labute approximate surface area is 122 Å². The van der Waals surface area contributed by atoms with Crippen LogP contribution in [0.25, 0.3) is 0 Å². The van der Waals surface area contributed by atoms with Crippen molar-refractivity contribution in [3.8, 4) is 0 Å². The first-order chi connectivity index (χ1) is 9.44. The minimum Gasteiger partial charge on any atom is -0.381 e. The fraction of sp³-hybridized carbons (Fsp3) is 0.933. The van der Waals surface area contributed by atoms with Crippen LogP contribution in [0.2, 0.25) is 0 Å². The van der Waals surface area contributed by atoms with Crippen molar-refractivity contribution in [2.75, 3.05) is 20.3 Å². The Morgan fingerprint density at radius 2 is 1.95 bits per heavy atom. The second kappa shape index (κ2) is 6.41. The molecule has 5 heteroatoms. The first-order valence-electron chi connectivity index (χ1n) is 7.82. The molecule has 20 heavy (non-hydrogen) atoms. The molecule has 116 valence electrons. The van der Waals surface area contributed by atoms with Gasteiger partial charge in [0.15, 0.2) is 0 Å². The number of carbonyl (C=O) groups is 1. The first kappa shape index (κ1) is 15.7. The lowest BCUT2D eigenvalue weighted by Crippen LogP contribution is -2.57. The summed E-state index contributed by atoms with van der Waals surface area (Å²) in [7, 11) is 2.19. The topological polar surface area (TPSA) is 67.6 Å². The molecule has 1 amide bonds. The lowest BCUT2D eigenvalue weighted by Gasteiger charge is -2.37. The van der Waals surface area contributed by atoms with E-state index in [1.165, 1.54) is 0 Å². The van der Waals surface area contributed by atoms with E-state index in [9.17, 15) is 4.79 Å². The number of hydrogen-bond donors (Lipinski definition) is 2. The number of amides is 1. The summed E-state index contributed by atoms with van der Waals surface area (Å²) in [6.07, 6.45) is 4.89. The molecule has 1 aliphatic carbocycles. The predicted octanol–water partition coefficient (Wildman–Crippen LogP) is 0.872. The molecular formula is C15H29N3O2. The summed E-state index contributed by atoms with van der Waals surface area (Å²) in [6.45, 7) is 5.85. The van der Waals surface area contributed by atoms with Crippen LogP contribution < -0.4 is 11.1 Å². The Hall–Kier alpha value is -0.650. The highest BCUT2D eigenvalue weighted by atomic mass is 16.5. The van der Waals surface area contributed by atoms with Gasteiger partial charge in [0.2, 0.25) is 5.91 Å². The second-order valence-corrected chi connectivity index (χ2v) is 6.65. The predicted molar refractivity (Wildman–Crippen MR) is 79.4 cm³/mol. The van der Waals surface area contributed by atoms with Crippen LogP contribution in [0.1, 0.15) is 46.0 Å². The van der Waals surface area contributed by atoms with E-state index in [4.69, 9.17) is 10.5 Å². The van der Waals surface area contributed by atoms with Crippen LogP contribution >= 0.6 is 0 Å². The summed E-state index contributed by atoms with van der Waals surface area (Å²) in [6, 6.07) is 1.29. The number of nitrogens with zero attached hydrogens (tertiary/aromatic N) is 1. The third kappa shape index (κ3) is 3.32. The number of carbonyl (C=O) groups excluding carboxylic acids is 1. The molecule has 0 aromatic carbocycles. The number of rotatable bonds is 5. The van der Waals surface area contributed by atoms with Crippen molar-refractivity contribution < 1.29 is 9.53 Å². The van der Waals surface area contributed by atoms with E-state index in [1.807, 2.05) is 0 Å². The standard InChI is InChI=1S/C15H29N3O2/c1-11(2)17-15(14(16)19)7-4-13(10-15)18(3)12-5-8-20-9-6-12/h11-13,17H,4-10H2,1-3H3,(H2,16,19). The van der Waals surface area contributed by atoms with Gasteiger partial charge in [-0.3, -0.25) is 4.79 Å². The fourth-order valence-electron chi connectivity index (χ4n) is 3.74. The van der Waals surface area contributed by atoms with Crippen LogP contribution in [0.15, 0.2) is 0 Å². The zero-order valence-corrected chi connectivity index (χ0v) is 13.0. The molecule has 0 radical (unpaired) electrons. The smallest absolute Gasteiger partial charge is 0.237 e. The lowest BCUT2D eigenvalue weighted by atomic mass is 9.94. The van der Waals surface area contributed by atoms with Crippen LogP contribution in [0.3, 0.4) is 0 Å². The summed E-state index contributed by atoms with van der Waals surface area (Å²) < 4.78 is 5.43.